The van der Waals surface area contributed by atoms with Crippen LogP contribution in [0.5, 0.6) is 0 Å². The molecule has 0 N–H and O–H groups in total. The van der Waals surface area contributed by atoms with Crippen molar-refractivity contribution in [2.45, 2.75) is 159 Å². The van der Waals surface area contributed by atoms with Crippen molar-refractivity contribution in [2.24, 2.45) is 35.5 Å². The highest BCUT2D eigenvalue weighted by Crippen LogP contribution is 2.37. The van der Waals surface area contributed by atoms with Crippen molar-refractivity contribution in [3.8, 4) is 23.7 Å². The van der Waals surface area contributed by atoms with E-state index < -0.39 is 24.0 Å². The molecule has 0 spiro atoms. The average molecular weight is 735 g/mol. The Kier molecular flexibility index (Phi) is 18.0. The minimum absolute atomic E-state index is 0.149. The Morgan fingerprint density at radius 1 is 0.472 bits per heavy atom. The normalized spacial score (nSPS) is 30.8. The quantitative estimate of drug-likeness (QED) is 0.0673. The van der Waals surface area contributed by atoms with Crippen molar-refractivity contribution in [2.75, 3.05) is 26.4 Å². The summed E-state index contributed by atoms with van der Waals surface area (Å²) in [6.07, 6.45) is 22.1. The zero-order valence-electron chi connectivity index (χ0n) is 32.3. The lowest BCUT2D eigenvalue weighted by atomic mass is 9.79. The number of carbonyl (C=O) groups is 2. The second-order valence-corrected chi connectivity index (χ2v) is 16.0. The molecule has 5 saturated carbocycles. The molecule has 0 aliphatic heterocycles. The van der Waals surface area contributed by atoms with Gasteiger partial charge >= 0.3 is 11.9 Å². The van der Waals surface area contributed by atoms with E-state index in [2.05, 4.69) is 36.8 Å². The first-order valence-corrected chi connectivity index (χ1v) is 21.1. The van der Waals surface area contributed by atoms with E-state index in [4.69, 9.17) is 28.4 Å². The van der Waals surface area contributed by atoms with Crippen LogP contribution in [0.2, 0.25) is 0 Å². The Labute approximate surface area is 319 Å². The van der Waals surface area contributed by atoms with Gasteiger partial charge in [0.25, 0.3) is 0 Å². The van der Waals surface area contributed by atoms with Crippen molar-refractivity contribution in [3.63, 3.8) is 0 Å². The molecule has 53 heavy (non-hydrogen) atoms. The number of carbonyl (C=O) groups excluding carboxylic acids is 2. The maximum absolute atomic E-state index is 14.0. The summed E-state index contributed by atoms with van der Waals surface area (Å²) in [5.41, 5.74) is 0. The highest BCUT2D eigenvalue weighted by Gasteiger charge is 2.43. The molecule has 8 atom stereocenters. The Bertz CT molecular complexity index is 1160. The van der Waals surface area contributed by atoms with Crippen LogP contribution in [0.3, 0.4) is 0 Å². The second kappa shape index (κ2) is 23.1. The average Bonchev–Trinajstić information content (AvgIpc) is 3.63. The molecule has 5 aliphatic rings. The molecule has 8 heteroatoms. The zero-order valence-corrected chi connectivity index (χ0v) is 32.3. The number of rotatable bonds is 16. The fraction of sp³-hybridized carbons (Fsp3) is 0.778. The summed E-state index contributed by atoms with van der Waals surface area (Å²) in [7, 11) is 0. The van der Waals surface area contributed by atoms with Crippen molar-refractivity contribution in [1.82, 2.24) is 0 Å². The molecular formula is C45H66O8. The lowest BCUT2D eigenvalue weighted by molar-refractivity contribution is -0.179. The van der Waals surface area contributed by atoms with Crippen LogP contribution in [0.1, 0.15) is 135 Å². The van der Waals surface area contributed by atoms with Gasteiger partial charge in [0.2, 0.25) is 0 Å². The Morgan fingerprint density at radius 3 is 1.30 bits per heavy atom. The monoisotopic (exact) mass is 734 g/mol. The van der Waals surface area contributed by atoms with Crippen molar-refractivity contribution >= 4 is 11.9 Å². The van der Waals surface area contributed by atoms with E-state index in [9.17, 15) is 9.59 Å². The van der Waals surface area contributed by atoms with Crippen molar-refractivity contribution in [1.29, 1.82) is 0 Å². The molecule has 0 saturated heterocycles. The van der Waals surface area contributed by atoms with E-state index >= 15 is 0 Å². The topological polar surface area (TPSA) is 89.5 Å². The highest BCUT2D eigenvalue weighted by molar-refractivity contribution is 5.75. The summed E-state index contributed by atoms with van der Waals surface area (Å²) in [5, 5.41) is 0. The fourth-order valence-electron chi connectivity index (χ4n) is 8.96. The molecule has 5 fully saturated rings. The van der Waals surface area contributed by atoms with Gasteiger partial charge in [-0.2, -0.15) is 0 Å². The zero-order chi connectivity index (χ0) is 37.1. The van der Waals surface area contributed by atoms with Crippen LogP contribution < -0.4 is 0 Å². The molecule has 0 amide bonds. The van der Waals surface area contributed by atoms with Crippen LogP contribution in [0, 0.1) is 59.2 Å². The SMILES string of the molecule is C=COCCCOC1CCC(C#CC2CCCCC2)CC1C(=O)OC1CCCC1OC(=O)C1CC(C#CC2CCCCC2)CCC1OCCCOC=C. The van der Waals surface area contributed by atoms with Crippen molar-refractivity contribution < 1.29 is 38.0 Å². The number of hydrogen-bond donors (Lipinski definition) is 0. The number of ether oxygens (including phenoxy) is 6. The van der Waals surface area contributed by atoms with Gasteiger partial charge in [0.15, 0.2) is 0 Å². The molecule has 0 radical (unpaired) electrons. The van der Waals surface area contributed by atoms with Gasteiger partial charge in [0, 0.05) is 36.5 Å². The first kappa shape index (κ1) is 41.2. The van der Waals surface area contributed by atoms with E-state index in [0.717, 1.165) is 44.9 Å². The van der Waals surface area contributed by atoms with E-state index in [1.165, 1.54) is 76.7 Å². The fourth-order valence-corrected chi connectivity index (χ4v) is 8.96. The van der Waals surface area contributed by atoms with Crippen LogP contribution in [-0.2, 0) is 38.0 Å². The highest BCUT2D eigenvalue weighted by atomic mass is 16.6. The van der Waals surface area contributed by atoms with Crippen molar-refractivity contribution in [3.05, 3.63) is 25.7 Å². The first-order valence-electron chi connectivity index (χ1n) is 21.1. The first-order chi connectivity index (χ1) is 26.0. The minimum atomic E-state index is -0.470. The molecule has 0 heterocycles. The molecule has 0 bridgehead atoms. The summed E-state index contributed by atoms with van der Waals surface area (Å²) >= 11 is 0. The Morgan fingerprint density at radius 2 is 0.887 bits per heavy atom. The Balaban J connectivity index is 1.20. The molecule has 294 valence electrons. The van der Waals surface area contributed by atoms with E-state index in [-0.39, 0.29) is 36.0 Å². The van der Waals surface area contributed by atoms with Gasteiger partial charge in [-0.15, -0.1) is 0 Å². The van der Waals surface area contributed by atoms with Crippen LogP contribution >= 0.6 is 0 Å². The third-order valence-electron chi connectivity index (χ3n) is 12.0. The van der Waals surface area contributed by atoms with Crippen LogP contribution in [0.4, 0.5) is 0 Å². The van der Waals surface area contributed by atoms with Gasteiger partial charge in [0.1, 0.15) is 12.2 Å². The van der Waals surface area contributed by atoms with Crippen LogP contribution in [-0.4, -0.2) is 62.8 Å². The summed E-state index contributed by atoms with van der Waals surface area (Å²) in [4.78, 5) is 28.0. The predicted octanol–water partition coefficient (Wildman–Crippen LogP) is 8.86. The van der Waals surface area contributed by atoms with Crippen LogP contribution in [0.15, 0.2) is 25.7 Å². The largest absolute Gasteiger partial charge is 0.502 e. The van der Waals surface area contributed by atoms with Gasteiger partial charge in [-0.25, -0.2) is 0 Å². The minimum Gasteiger partial charge on any atom is -0.502 e. The number of esters is 2. The Hall–Kier alpha value is -2.94. The standard InChI is InChI=1S/C45H66O8/c1-3-48-28-12-30-50-40-26-24-36(22-20-34-14-7-5-8-15-34)32-38(40)44(46)52-42-18-11-19-43(42)53-45(47)39-33-37(23-21-35-16-9-6-10-17-35)25-27-41(39)51-31-13-29-49-4-2/h3-4,34-43H,1-2,5-19,24-33H2. The van der Waals surface area contributed by atoms with E-state index in [1.807, 2.05) is 0 Å². The molecule has 8 nitrogen and oxygen atoms in total. The molecule has 8 unspecified atom stereocenters. The lowest BCUT2D eigenvalue weighted by Gasteiger charge is -2.35. The van der Waals surface area contributed by atoms with E-state index in [1.54, 1.807) is 0 Å². The summed E-state index contributed by atoms with van der Waals surface area (Å²) in [5.74, 6) is 14.2. The molecule has 0 aromatic heterocycles. The maximum Gasteiger partial charge on any atom is 0.312 e. The molecule has 5 rings (SSSR count). The van der Waals surface area contributed by atoms with Gasteiger partial charge in [-0.3, -0.25) is 9.59 Å². The molecule has 0 aromatic rings. The van der Waals surface area contributed by atoms with Gasteiger partial charge in [0.05, 0.1) is 63.0 Å². The lowest BCUT2D eigenvalue weighted by Crippen LogP contribution is -2.42. The van der Waals surface area contributed by atoms with Crippen LogP contribution in [0.25, 0.3) is 0 Å². The number of hydrogen-bond acceptors (Lipinski definition) is 8. The van der Waals surface area contributed by atoms with Gasteiger partial charge in [-0.05, 0) is 83.5 Å². The third kappa shape index (κ3) is 13.7. The summed E-state index contributed by atoms with van der Waals surface area (Å²) in [6, 6.07) is 0. The smallest absolute Gasteiger partial charge is 0.312 e. The predicted molar refractivity (Wildman–Crippen MR) is 205 cm³/mol. The van der Waals surface area contributed by atoms with Gasteiger partial charge in [-0.1, -0.05) is 75.4 Å². The van der Waals surface area contributed by atoms with E-state index in [0.29, 0.717) is 63.9 Å². The molecule has 0 aromatic carbocycles. The molecule has 5 aliphatic carbocycles. The molecular weight excluding hydrogens is 668 g/mol. The summed E-state index contributed by atoms with van der Waals surface area (Å²) in [6.45, 7) is 9.27. The summed E-state index contributed by atoms with van der Waals surface area (Å²) < 4.78 is 35.7. The third-order valence-corrected chi connectivity index (χ3v) is 12.0. The van der Waals surface area contributed by atoms with Gasteiger partial charge < -0.3 is 28.4 Å². The second-order valence-electron chi connectivity index (χ2n) is 16.0. The maximum atomic E-state index is 14.0.